The van der Waals surface area contributed by atoms with Crippen LogP contribution >= 0.6 is 0 Å². The van der Waals surface area contributed by atoms with E-state index >= 15 is 0 Å². The first-order chi connectivity index (χ1) is 15.3. The minimum absolute atomic E-state index is 0.0759. The summed E-state index contributed by atoms with van der Waals surface area (Å²) in [6.45, 7) is 6.64. The molecule has 0 amide bonds. The Labute approximate surface area is 188 Å². The molecule has 4 heteroatoms. The zero-order chi connectivity index (χ0) is 22.9. The van der Waals surface area contributed by atoms with Gasteiger partial charge in [0.1, 0.15) is 5.69 Å². The van der Waals surface area contributed by atoms with Crippen LogP contribution in [0.3, 0.4) is 0 Å². The Hall–Kier alpha value is -3.66. The lowest BCUT2D eigenvalue weighted by molar-refractivity contribution is 0.112. The van der Waals surface area contributed by atoms with E-state index in [1.165, 1.54) is 5.56 Å². The van der Waals surface area contributed by atoms with Crippen LogP contribution in [0.1, 0.15) is 36.8 Å². The van der Waals surface area contributed by atoms with Gasteiger partial charge in [0.2, 0.25) is 0 Å². The van der Waals surface area contributed by atoms with Gasteiger partial charge < -0.3 is 9.47 Å². The number of benzene rings is 3. The molecule has 0 saturated heterocycles. The van der Waals surface area contributed by atoms with Crippen LogP contribution in [0.2, 0.25) is 0 Å². The summed E-state index contributed by atoms with van der Waals surface area (Å²) in [7, 11) is 3.17. The smallest absolute Gasteiger partial charge is 0.169 e. The van der Waals surface area contributed by atoms with Crippen LogP contribution in [0.4, 0.5) is 0 Å². The van der Waals surface area contributed by atoms with Crippen molar-refractivity contribution in [2.45, 2.75) is 26.2 Å². The number of pyridine rings is 1. The van der Waals surface area contributed by atoms with E-state index in [0.717, 1.165) is 39.4 Å². The number of ether oxygens (including phenoxy) is 2. The molecule has 162 valence electrons. The minimum atomic E-state index is 0.0759. The Morgan fingerprint density at radius 3 is 2.06 bits per heavy atom. The van der Waals surface area contributed by atoms with Crippen molar-refractivity contribution < 1.29 is 14.3 Å². The molecule has 0 aliphatic carbocycles. The molecule has 0 aliphatic rings. The van der Waals surface area contributed by atoms with Gasteiger partial charge in [0, 0.05) is 10.9 Å². The Kier molecular flexibility index (Phi) is 5.70. The van der Waals surface area contributed by atoms with E-state index in [2.05, 4.69) is 62.2 Å². The highest BCUT2D eigenvalue weighted by atomic mass is 16.5. The molecule has 0 unspecified atom stereocenters. The van der Waals surface area contributed by atoms with Crippen LogP contribution in [0.25, 0.3) is 33.2 Å². The quantitative estimate of drug-likeness (QED) is 0.334. The molecule has 0 fully saturated rings. The summed E-state index contributed by atoms with van der Waals surface area (Å²) in [6.07, 6.45) is 0.786. The Balaban J connectivity index is 1.84. The van der Waals surface area contributed by atoms with Gasteiger partial charge in [0.25, 0.3) is 0 Å². The Morgan fingerprint density at radius 1 is 0.781 bits per heavy atom. The predicted molar refractivity (Wildman–Crippen MR) is 130 cm³/mol. The number of rotatable bonds is 5. The molecule has 4 nitrogen and oxygen atoms in total. The molecule has 4 aromatic rings. The predicted octanol–water partition coefficient (Wildman–Crippen LogP) is 6.70. The molecule has 0 atom stereocenters. The van der Waals surface area contributed by atoms with Crippen molar-refractivity contribution in [3.8, 4) is 33.9 Å². The Bertz CT molecular complexity index is 1300. The van der Waals surface area contributed by atoms with Gasteiger partial charge in [-0.05, 0) is 51.8 Å². The number of nitrogens with zero attached hydrogens (tertiary/aromatic N) is 1. The highest BCUT2D eigenvalue weighted by molar-refractivity contribution is 5.99. The molecule has 0 bridgehead atoms. The lowest BCUT2D eigenvalue weighted by Crippen LogP contribution is -2.10. The molecule has 1 aromatic heterocycles. The van der Waals surface area contributed by atoms with Gasteiger partial charge in [-0.15, -0.1) is 0 Å². The molecule has 4 rings (SSSR count). The number of aldehydes is 1. The summed E-state index contributed by atoms with van der Waals surface area (Å²) in [5, 5.41) is 1.60. The summed E-state index contributed by atoms with van der Waals surface area (Å²) < 4.78 is 10.8. The SMILES string of the molecule is COc1cc2cc(-c3cccc(-c4cccc(C(C)(C)C)c4)c3)nc(C=O)c2cc1OC. The first-order valence-electron chi connectivity index (χ1n) is 10.6. The molecular weight excluding hydrogens is 398 g/mol. The number of carbonyl (C=O) groups is 1. The number of fused-ring (bicyclic) bond motifs is 1. The van der Waals surface area contributed by atoms with E-state index in [0.29, 0.717) is 17.2 Å². The van der Waals surface area contributed by atoms with Gasteiger partial charge in [-0.25, -0.2) is 4.98 Å². The van der Waals surface area contributed by atoms with Crippen LogP contribution in [0, 0.1) is 0 Å². The number of carbonyl (C=O) groups excluding carboxylic acids is 1. The zero-order valence-electron chi connectivity index (χ0n) is 19.1. The average molecular weight is 426 g/mol. The number of hydrogen-bond donors (Lipinski definition) is 0. The first-order valence-corrected chi connectivity index (χ1v) is 10.6. The molecule has 0 saturated carbocycles. The molecular formula is C28H27NO3. The molecule has 0 spiro atoms. The zero-order valence-corrected chi connectivity index (χ0v) is 19.1. The number of methoxy groups -OCH3 is 2. The number of hydrogen-bond acceptors (Lipinski definition) is 4. The summed E-state index contributed by atoms with van der Waals surface area (Å²) in [4.78, 5) is 16.5. The number of aromatic nitrogens is 1. The molecule has 3 aromatic carbocycles. The van der Waals surface area contributed by atoms with E-state index in [-0.39, 0.29) is 5.41 Å². The van der Waals surface area contributed by atoms with Crippen LogP contribution < -0.4 is 9.47 Å². The molecule has 0 radical (unpaired) electrons. The second-order valence-corrected chi connectivity index (χ2v) is 8.85. The van der Waals surface area contributed by atoms with E-state index in [1.54, 1.807) is 20.3 Å². The maximum absolute atomic E-state index is 11.8. The van der Waals surface area contributed by atoms with Crippen LogP contribution in [0.15, 0.2) is 66.7 Å². The normalized spacial score (nSPS) is 11.4. The third-order valence-corrected chi connectivity index (χ3v) is 5.70. The van der Waals surface area contributed by atoms with Crippen molar-refractivity contribution in [3.63, 3.8) is 0 Å². The van der Waals surface area contributed by atoms with Gasteiger partial charge in [0.05, 0.1) is 19.9 Å². The van der Waals surface area contributed by atoms with Crippen molar-refractivity contribution in [1.82, 2.24) is 4.98 Å². The second kappa shape index (κ2) is 8.46. The van der Waals surface area contributed by atoms with Crippen molar-refractivity contribution in [2.75, 3.05) is 14.2 Å². The van der Waals surface area contributed by atoms with Gasteiger partial charge in [-0.2, -0.15) is 0 Å². The second-order valence-electron chi connectivity index (χ2n) is 8.85. The average Bonchev–Trinajstić information content (AvgIpc) is 2.82. The standard InChI is InChI=1S/C28H27NO3/c1-28(2,3)22-11-7-9-19(13-22)18-8-6-10-20(12-18)24-14-21-15-26(31-4)27(32-5)16-23(21)25(17-30)29-24/h6-17H,1-5H3. The maximum atomic E-state index is 11.8. The molecule has 32 heavy (non-hydrogen) atoms. The van der Waals surface area contributed by atoms with Crippen molar-refractivity contribution >= 4 is 17.1 Å². The summed E-state index contributed by atoms with van der Waals surface area (Å²) >= 11 is 0. The Morgan fingerprint density at radius 2 is 1.41 bits per heavy atom. The summed E-state index contributed by atoms with van der Waals surface area (Å²) in [5.41, 5.74) is 5.68. The van der Waals surface area contributed by atoms with E-state index in [1.807, 2.05) is 24.3 Å². The fourth-order valence-electron chi connectivity index (χ4n) is 3.87. The minimum Gasteiger partial charge on any atom is -0.493 e. The lowest BCUT2D eigenvalue weighted by Gasteiger charge is -2.20. The first kappa shape index (κ1) is 21.6. The molecule has 0 N–H and O–H groups in total. The van der Waals surface area contributed by atoms with Gasteiger partial charge in [-0.1, -0.05) is 63.2 Å². The fraction of sp³-hybridized carbons (Fsp3) is 0.214. The largest absolute Gasteiger partial charge is 0.493 e. The van der Waals surface area contributed by atoms with Gasteiger partial charge in [-0.3, -0.25) is 4.79 Å². The van der Waals surface area contributed by atoms with Crippen LogP contribution in [-0.4, -0.2) is 25.5 Å². The van der Waals surface area contributed by atoms with Crippen molar-refractivity contribution in [1.29, 1.82) is 0 Å². The summed E-state index contributed by atoms with van der Waals surface area (Å²) in [5.74, 6) is 1.18. The van der Waals surface area contributed by atoms with Crippen molar-refractivity contribution in [3.05, 3.63) is 78.0 Å². The monoisotopic (exact) mass is 425 g/mol. The van der Waals surface area contributed by atoms with Crippen LogP contribution in [0.5, 0.6) is 11.5 Å². The molecule has 1 heterocycles. The van der Waals surface area contributed by atoms with E-state index in [9.17, 15) is 4.79 Å². The van der Waals surface area contributed by atoms with E-state index in [4.69, 9.17) is 9.47 Å². The highest BCUT2D eigenvalue weighted by Gasteiger charge is 2.15. The lowest BCUT2D eigenvalue weighted by atomic mass is 9.85. The fourth-order valence-corrected chi connectivity index (χ4v) is 3.87. The van der Waals surface area contributed by atoms with E-state index < -0.39 is 0 Å². The molecule has 0 aliphatic heterocycles. The maximum Gasteiger partial charge on any atom is 0.169 e. The van der Waals surface area contributed by atoms with Gasteiger partial charge >= 0.3 is 0 Å². The van der Waals surface area contributed by atoms with Crippen LogP contribution in [-0.2, 0) is 5.41 Å². The third kappa shape index (κ3) is 4.09. The highest BCUT2D eigenvalue weighted by Crippen LogP contribution is 2.35. The van der Waals surface area contributed by atoms with Gasteiger partial charge in [0.15, 0.2) is 17.8 Å². The topological polar surface area (TPSA) is 48.4 Å². The third-order valence-electron chi connectivity index (χ3n) is 5.70. The summed E-state index contributed by atoms with van der Waals surface area (Å²) in [6, 6.07) is 22.5. The van der Waals surface area contributed by atoms with Crippen molar-refractivity contribution in [2.24, 2.45) is 0 Å².